The monoisotopic (exact) mass is 325 g/mol. The van der Waals surface area contributed by atoms with Crippen LogP contribution in [0.25, 0.3) is 0 Å². The molecule has 5 nitrogen and oxygen atoms in total. The number of carbonyl (C=O) groups is 1. The lowest BCUT2D eigenvalue weighted by molar-refractivity contribution is -0.136. The Kier molecular flexibility index (Phi) is 4.64. The van der Waals surface area contributed by atoms with Gasteiger partial charge in [-0.15, -0.1) is 11.3 Å². The number of aliphatic carboxylic acids is 1. The summed E-state index contributed by atoms with van der Waals surface area (Å²) < 4.78 is 26.8. The SMILES string of the molecule is CCN(c1ccccc1)S(=O)(=O)c1ccc(CC(=O)O)s1. The minimum atomic E-state index is -3.66. The average molecular weight is 325 g/mol. The van der Waals surface area contributed by atoms with Crippen molar-refractivity contribution in [2.75, 3.05) is 10.8 Å². The molecule has 0 radical (unpaired) electrons. The first-order chi connectivity index (χ1) is 9.95. The Bertz CT molecular complexity index is 722. The van der Waals surface area contributed by atoms with Gasteiger partial charge in [0, 0.05) is 11.4 Å². The third-order valence-corrected chi connectivity index (χ3v) is 6.29. The Hall–Kier alpha value is -1.86. The van der Waals surface area contributed by atoms with Gasteiger partial charge in [0.1, 0.15) is 4.21 Å². The molecule has 0 saturated carbocycles. The predicted molar refractivity (Wildman–Crippen MR) is 82.3 cm³/mol. The maximum atomic E-state index is 12.7. The second-order valence-corrected chi connectivity index (χ2v) is 7.55. The van der Waals surface area contributed by atoms with Gasteiger partial charge in [-0.25, -0.2) is 8.42 Å². The smallest absolute Gasteiger partial charge is 0.308 e. The highest BCUT2D eigenvalue weighted by Gasteiger charge is 2.25. The first-order valence-electron chi connectivity index (χ1n) is 6.33. The van der Waals surface area contributed by atoms with Crippen LogP contribution in [-0.4, -0.2) is 26.0 Å². The number of anilines is 1. The van der Waals surface area contributed by atoms with Gasteiger partial charge in [0.05, 0.1) is 12.1 Å². The molecule has 0 aliphatic carbocycles. The van der Waals surface area contributed by atoms with Crippen LogP contribution in [0, 0.1) is 0 Å². The van der Waals surface area contributed by atoms with E-state index in [2.05, 4.69) is 0 Å². The van der Waals surface area contributed by atoms with Crippen molar-refractivity contribution in [2.45, 2.75) is 17.6 Å². The van der Waals surface area contributed by atoms with E-state index in [-0.39, 0.29) is 10.6 Å². The van der Waals surface area contributed by atoms with Crippen molar-refractivity contribution in [1.29, 1.82) is 0 Å². The van der Waals surface area contributed by atoms with Crippen molar-refractivity contribution in [3.8, 4) is 0 Å². The van der Waals surface area contributed by atoms with Crippen LogP contribution >= 0.6 is 11.3 Å². The van der Waals surface area contributed by atoms with Gasteiger partial charge in [0.15, 0.2) is 0 Å². The van der Waals surface area contributed by atoms with Gasteiger partial charge in [0.25, 0.3) is 10.0 Å². The van der Waals surface area contributed by atoms with E-state index in [4.69, 9.17) is 5.11 Å². The lowest BCUT2D eigenvalue weighted by atomic mass is 10.3. The summed E-state index contributed by atoms with van der Waals surface area (Å²) in [6, 6.07) is 11.8. The van der Waals surface area contributed by atoms with Crippen LogP contribution in [0.1, 0.15) is 11.8 Å². The van der Waals surface area contributed by atoms with Gasteiger partial charge in [0.2, 0.25) is 0 Å². The zero-order valence-electron chi connectivity index (χ0n) is 11.4. The van der Waals surface area contributed by atoms with Gasteiger partial charge in [-0.05, 0) is 31.2 Å². The molecule has 1 aromatic carbocycles. The Morgan fingerprint density at radius 3 is 2.43 bits per heavy atom. The first-order valence-corrected chi connectivity index (χ1v) is 8.59. The van der Waals surface area contributed by atoms with Gasteiger partial charge in [-0.2, -0.15) is 0 Å². The number of benzene rings is 1. The molecule has 2 aromatic rings. The lowest BCUT2D eigenvalue weighted by Crippen LogP contribution is -2.30. The molecule has 7 heteroatoms. The molecule has 112 valence electrons. The quantitative estimate of drug-likeness (QED) is 0.886. The highest BCUT2D eigenvalue weighted by atomic mass is 32.2. The zero-order chi connectivity index (χ0) is 15.5. The van der Waals surface area contributed by atoms with Crippen molar-refractivity contribution >= 4 is 33.0 Å². The summed E-state index contributed by atoms with van der Waals surface area (Å²) in [7, 11) is -3.66. The maximum Gasteiger partial charge on any atom is 0.308 e. The van der Waals surface area contributed by atoms with Crippen molar-refractivity contribution in [2.24, 2.45) is 0 Å². The fourth-order valence-corrected chi connectivity index (χ4v) is 4.87. The second-order valence-electron chi connectivity index (χ2n) is 4.30. The van der Waals surface area contributed by atoms with Crippen LogP contribution in [0.3, 0.4) is 0 Å². The maximum absolute atomic E-state index is 12.7. The lowest BCUT2D eigenvalue weighted by Gasteiger charge is -2.21. The zero-order valence-corrected chi connectivity index (χ0v) is 13.0. The number of carboxylic acid groups (broad SMARTS) is 1. The molecule has 0 aliphatic heterocycles. The summed E-state index contributed by atoms with van der Waals surface area (Å²) in [5.41, 5.74) is 0.591. The molecule has 0 spiro atoms. The van der Waals surface area contributed by atoms with Crippen LogP contribution in [0.2, 0.25) is 0 Å². The number of rotatable bonds is 6. The summed E-state index contributed by atoms with van der Waals surface area (Å²) in [6.07, 6.45) is -0.169. The van der Waals surface area contributed by atoms with Crippen molar-refractivity contribution in [3.63, 3.8) is 0 Å². The fraction of sp³-hybridized carbons (Fsp3) is 0.214. The predicted octanol–water partition coefficient (Wildman–Crippen LogP) is 2.59. The molecule has 0 bridgehead atoms. The second kappa shape index (κ2) is 6.28. The third kappa shape index (κ3) is 3.43. The molecular formula is C14H15NO4S2. The Balaban J connectivity index is 2.36. The number of para-hydroxylation sites is 1. The Morgan fingerprint density at radius 1 is 1.19 bits per heavy atom. The molecule has 0 amide bonds. The number of thiophene rings is 1. The van der Waals surface area contributed by atoms with Gasteiger partial charge in [-0.3, -0.25) is 9.10 Å². The molecule has 0 saturated heterocycles. The Morgan fingerprint density at radius 2 is 1.86 bits per heavy atom. The number of nitrogens with zero attached hydrogens (tertiary/aromatic N) is 1. The van der Waals surface area contributed by atoms with E-state index >= 15 is 0 Å². The molecule has 0 aliphatic rings. The minimum Gasteiger partial charge on any atom is -0.481 e. The average Bonchev–Trinajstić information content (AvgIpc) is 2.89. The van der Waals surface area contributed by atoms with E-state index in [0.717, 1.165) is 11.3 Å². The highest BCUT2D eigenvalue weighted by Crippen LogP contribution is 2.28. The van der Waals surface area contributed by atoms with E-state index in [1.165, 1.54) is 10.4 Å². The van der Waals surface area contributed by atoms with E-state index in [1.807, 2.05) is 6.07 Å². The van der Waals surface area contributed by atoms with E-state index in [9.17, 15) is 13.2 Å². The minimum absolute atomic E-state index is 0.157. The molecule has 1 aromatic heterocycles. The van der Waals surface area contributed by atoms with Crippen LogP contribution in [0.15, 0.2) is 46.7 Å². The van der Waals surface area contributed by atoms with Crippen molar-refractivity contribution < 1.29 is 18.3 Å². The first kappa shape index (κ1) is 15.5. The topological polar surface area (TPSA) is 74.7 Å². The Labute approximate surface area is 127 Å². The van der Waals surface area contributed by atoms with E-state index in [0.29, 0.717) is 17.1 Å². The number of sulfonamides is 1. The van der Waals surface area contributed by atoms with Gasteiger partial charge in [-0.1, -0.05) is 18.2 Å². The molecule has 1 heterocycles. The third-order valence-electron chi connectivity index (χ3n) is 2.84. The van der Waals surface area contributed by atoms with Crippen LogP contribution in [0.4, 0.5) is 5.69 Å². The van der Waals surface area contributed by atoms with E-state index < -0.39 is 16.0 Å². The summed E-state index contributed by atoms with van der Waals surface area (Å²) in [5, 5.41) is 8.76. The molecule has 0 unspecified atom stereocenters. The van der Waals surface area contributed by atoms with Crippen LogP contribution in [0.5, 0.6) is 0 Å². The molecule has 21 heavy (non-hydrogen) atoms. The molecular weight excluding hydrogens is 310 g/mol. The standard InChI is InChI=1S/C14H15NO4S2/c1-2-15(11-6-4-3-5-7-11)21(18,19)14-9-8-12(20-14)10-13(16)17/h3-9H,2,10H2,1H3,(H,16,17). The van der Waals surface area contributed by atoms with Crippen LogP contribution in [-0.2, 0) is 21.2 Å². The van der Waals surface area contributed by atoms with Crippen molar-refractivity contribution in [3.05, 3.63) is 47.3 Å². The largest absolute Gasteiger partial charge is 0.481 e. The summed E-state index contributed by atoms with van der Waals surface area (Å²) in [6.45, 7) is 2.06. The fourth-order valence-electron chi connectivity index (χ4n) is 1.94. The highest BCUT2D eigenvalue weighted by molar-refractivity contribution is 7.94. The van der Waals surface area contributed by atoms with Crippen LogP contribution < -0.4 is 4.31 Å². The van der Waals surface area contributed by atoms with Crippen molar-refractivity contribution in [1.82, 2.24) is 0 Å². The molecule has 0 fully saturated rings. The normalized spacial score (nSPS) is 11.3. The van der Waals surface area contributed by atoms with Gasteiger partial charge < -0.3 is 5.11 Å². The summed E-state index contributed by atoms with van der Waals surface area (Å²) in [4.78, 5) is 11.2. The number of hydrogen-bond donors (Lipinski definition) is 1. The molecule has 2 rings (SSSR count). The van der Waals surface area contributed by atoms with E-state index in [1.54, 1.807) is 37.3 Å². The molecule has 0 atom stereocenters. The van der Waals surface area contributed by atoms with Gasteiger partial charge >= 0.3 is 5.97 Å². The number of carboxylic acids is 1. The number of hydrogen-bond acceptors (Lipinski definition) is 4. The molecule has 1 N–H and O–H groups in total. The summed E-state index contributed by atoms with van der Waals surface area (Å²) in [5.74, 6) is -0.976. The summed E-state index contributed by atoms with van der Waals surface area (Å²) >= 11 is 0.996.